The minimum Gasteiger partial charge on any atom is -0.507 e. The number of ether oxygens (including phenoxy) is 3. The molecule has 4 bridgehead atoms. The van der Waals surface area contributed by atoms with Crippen LogP contribution in [0, 0.1) is 11.8 Å². The van der Waals surface area contributed by atoms with Gasteiger partial charge < -0.3 is 24.4 Å². The number of aldehydes is 1. The van der Waals surface area contributed by atoms with E-state index in [9.17, 15) is 24.6 Å². The van der Waals surface area contributed by atoms with Crippen molar-refractivity contribution < 1.29 is 38.8 Å². The second-order valence-electron chi connectivity index (χ2n) is 13.6. The predicted molar refractivity (Wildman–Crippen MR) is 150 cm³/mol. The topological polar surface area (TPSA) is 119 Å². The first-order valence-corrected chi connectivity index (χ1v) is 14.3. The summed E-state index contributed by atoms with van der Waals surface area (Å²) in [6.45, 7) is 12.7. The molecule has 1 aromatic carbocycles. The third kappa shape index (κ3) is 3.56. The maximum Gasteiger partial charge on any atom is 0.200 e. The van der Waals surface area contributed by atoms with E-state index in [0.717, 1.165) is 11.9 Å². The van der Waals surface area contributed by atoms with Gasteiger partial charge in [0.25, 0.3) is 0 Å². The van der Waals surface area contributed by atoms with Crippen LogP contribution in [0.2, 0.25) is 0 Å². The van der Waals surface area contributed by atoms with Crippen LogP contribution in [0.15, 0.2) is 34.9 Å². The van der Waals surface area contributed by atoms with Gasteiger partial charge in [0.2, 0.25) is 0 Å². The number of aromatic hydroxyl groups is 1. The zero-order valence-electron chi connectivity index (χ0n) is 24.7. The number of Topliss-reactive ketones (excluding diaryl/α,β-unsaturated/α-hetero) is 2. The van der Waals surface area contributed by atoms with Gasteiger partial charge in [0.15, 0.2) is 22.8 Å². The number of fused-ring (bicyclic) bond motifs is 2. The highest BCUT2D eigenvalue weighted by Crippen LogP contribution is 2.68. The third-order valence-electron chi connectivity index (χ3n) is 9.72. The quantitative estimate of drug-likeness (QED) is 0.295. The summed E-state index contributed by atoms with van der Waals surface area (Å²) in [6.07, 6.45) is 6.61. The summed E-state index contributed by atoms with van der Waals surface area (Å²) < 4.78 is 20.0. The molecule has 0 amide bonds. The second-order valence-corrected chi connectivity index (χ2v) is 13.6. The zero-order valence-corrected chi connectivity index (χ0v) is 24.7. The Balaban J connectivity index is 1.63. The first kappa shape index (κ1) is 27.9. The zero-order chi connectivity index (χ0) is 29.9. The molecule has 3 aliphatic heterocycles. The summed E-state index contributed by atoms with van der Waals surface area (Å²) in [4.78, 5) is 40.2. The van der Waals surface area contributed by atoms with Crippen molar-refractivity contribution >= 4 is 17.9 Å². The number of phenolic OH excluding ortho intramolecular Hbond substituents is 1. The van der Waals surface area contributed by atoms with Crippen LogP contribution < -0.4 is 9.47 Å². The molecule has 41 heavy (non-hydrogen) atoms. The van der Waals surface area contributed by atoms with Crippen LogP contribution in [-0.2, 0) is 27.2 Å². The van der Waals surface area contributed by atoms with E-state index >= 15 is 0 Å². The summed E-state index contributed by atoms with van der Waals surface area (Å²) in [6, 6.07) is 0. The van der Waals surface area contributed by atoms with Crippen molar-refractivity contribution in [2.45, 2.75) is 103 Å². The van der Waals surface area contributed by atoms with E-state index in [1.54, 1.807) is 32.9 Å². The Morgan fingerprint density at radius 1 is 1.15 bits per heavy atom. The van der Waals surface area contributed by atoms with Gasteiger partial charge in [-0.3, -0.25) is 14.4 Å². The monoisotopic (exact) mass is 562 g/mol. The molecule has 0 aromatic heterocycles. The molecule has 1 saturated heterocycles. The fourth-order valence-corrected chi connectivity index (χ4v) is 7.69. The van der Waals surface area contributed by atoms with E-state index in [2.05, 4.69) is 0 Å². The van der Waals surface area contributed by atoms with Gasteiger partial charge in [-0.05, 0) is 66.9 Å². The predicted octanol–water partition coefficient (Wildman–Crippen LogP) is 4.52. The number of carbonyl (C=O) groups is 3. The number of carbonyl (C=O) groups excluding carboxylic acids is 3. The molecule has 8 nitrogen and oxygen atoms in total. The largest absolute Gasteiger partial charge is 0.507 e. The third-order valence-corrected chi connectivity index (χ3v) is 9.72. The molecule has 218 valence electrons. The summed E-state index contributed by atoms with van der Waals surface area (Å²) >= 11 is 0. The molecular formula is C33H38O8. The second kappa shape index (κ2) is 8.65. The SMILES string of the molecule is CC(C)=CCc1c2c(c(O)c3c1O[C@@]14C(=C[C@H]5C[C@H]1C(C)(C)O[C@]4(C/C=C(\C)C=O)C5=O)C3=O)CC(C(C)(C)O)O2. The van der Waals surface area contributed by atoms with Gasteiger partial charge in [0.1, 0.15) is 35.2 Å². The number of allylic oxidation sites excluding steroid dienone is 4. The van der Waals surface area contributed by atoms with Crippen molar-refractivity contribution in [3.05, 3.63) is 51.6 Å². The van der Waals surface area contributed by atoms with Crippen molar-refractivity contribution in [2.75, 3.05) is 0 Å². The van der Waals surface area contributed by atoms with E-state index < -0.39 is 34.4 Å². The van der Waals surface area contributed by atoms with Crippen molar-refractivity contribution in [1.29, 1.82) is 0 Å². The van der Waals surface area contributed by atoms with Gasteiger partial charge >= 0.3 is 0 Å². The molecule has 0 radical (unpaired) electrons. The smallest absolute Gasteiger partial charge is 0.200 e. The fraction of sp³-hybridized carbons (Fsp3) is 0.545. The van der Waals surface area contributed by atoms with Crippen LogP contribution in [0.1, 0.15) is 82.8 Å². The van der Waals surface area contributed by atoms with Crippen molar-refractivity contribution in [3.63, 3.8) is 0 Å². The number of hydrogen-bond donors (Lipinski definition) is 2. The van der Waals surface area contributed by atoms with E-state index in [0.29, 0.717) is 40.9 Å². The van der Waals surface area contributed by atoms with Crippen LogP contribution in [0.3, 0.4) is 0 Å². The number of phenols is 1. The van der Waals surface area contributed by atoms with Crippen LogP contribution in [0.25, 0.3) is 0 Å². The normalized spacial score (nSPS) is 32.4. The minimum atomic E-state index is -1.52. The van der Waals surface area contributed by atoms with E-state index in [1.165, 1.54) is 0 Å². The Hall–Kier alpha value is -3.23. The lowest BCUT2D eigenvalue weighted by Crippen LogP contribution is -2.72. The fourth-order valence-electron chi connectivity index (χ4n) is 7.69. The molecule has 3 aliphatic carbocycles. The molecule has 1 saturated carbocycles. The highest BCUT2D eigenvalue weighted by Gasteiger charge is 2.81. The number of aliphatic hydroxyl groups is 1. The summed E-state index contributed by atoms with van der Waals surface area (Å²) in [5.74, 6) is -1.05. The number of ketones is 2. The summed E-state index contributed by atoms with van der Waals surface area (Å²) in [5, 5.41) is 22.4. The van der Waals surface area contributed by atoms with Crippen LogP contribution >= 0.6 is 0 Å². The van der Waals surface area contributed by atoms with Crippen LogP contribution in [-0.4, -0.2) is 56.6 Å². The molecule has 7 rings (SSSR count). The molecule has 2 fully saturated rings. The van der Waals surface area contributed by atoms with Crippen molar-refractivity contribution in [1.82, 2.24) is 0 Å². The highest BCUT2D eigenvalue weighted by atomic mass is 16.6. The highest BCUT2D eigenvalue weighted by molar-refractivity contribution is 6.18. The molecule has 2 N–H and O–H groups in total. The van der Waals surface area contributed by atoms with Gasteiger partial charge in [-0.15, -0.1) is 0 Å². The molecule has 3 heterocycles. The molecule has 1 unspecified atom stereocenters. The number of rotatable bonds is 6. The Labute approximate surface area is 240 Å². The standard InChI is InChI=1S/C33H38O8/c1-16(2)8-9-19-27-20(14-23(39-27)30(4,5)38)25(35)24-26(36)21-12-18-13-22-31(6,7)41-32(29(18)37,11-10-17(3)15-34)33(21,22)40-28(19)24/h8,10,12,15,18,22-23,35,38H,9,11,13-14H2,1-7H3/b17-10+/t18-,22-,23?,32+,33-/m0/s1. The molecule has 1 spiro atoms. The minimum absolute atomic E-state index is 0.0600. The maximum absolute atomic E-state index is 14.5. The van der Waals surface area contributed by atoms with Gasteiger partial charge in [0, 0.05) is 41.4 Å². The van der Waals surface area contributed by atoms with E-state index in [-0.39, 0.29) is 47.4 Å². The Morgan fingerprint density at radius 3 is 2.49 bits per heavy atom. The molecule has 5 atom stereocenters. The van der Waals surface area contributed by atoms with Crippen molar-refractivity contribution in [2.24, 2.45) is 11.8 Å². The first-order valence-electron chi connectivity index (χ1n) is 14.3. The average molecular weight is 563 g/mol. The lowest BCUT2D eigenvalue weighted by atomic mass is 9.51. The molecule has 8 heteroatoms. The molecular weight excluding hydrogens is 524 g/mol. The maximum atomic E-state index is 14.5. The molecule has 6 aliphatic rings. The number of hydrogen-bond acceptors (Lipinski definition) is 8. The average Bonchev–Trinajstić information content (AvgIpc) is 3.40. The van der Waals surface area contributed by atoms with Crippen LogP contribution in [0.5, 0.6) is 17.2 Å². The molecule has 1 aromatic rings. The van der Waals surface area contributed by atoms with Crippen molar-refractivity contribution in [3.8, 4) is 17.2 Å². The summed E-state index contributed by atoms with van der Waals surface area (Å²) in [5.41, 5.74) is -2.03. The van der Waals surface area contributed by atoms with E-state index in [1.807, 2.05) is 33.8 Å². The first-order chi connectivity index (χ1) is 19.1. The Kier molecular flexibility index (Phi) is 5.89. The van der Waals surface area contributed by atoms with Gasteiger partial charge in [-0.1, -0.05) is 23.8 Å². The lowest BCUT2D eigenvalue weighted by molar-refractivity contribution is -0.171. The van der Waals surface area contributed by atoms with Gasteiger partial charge in [0.05, 0.1) is 11.2 Å². The lowest BCUT2D eigenvalue weighted by Gasteiger charge is -2.56. The van der Waals surface area contributed by atoms with Crippen LogP contribution in [0.4, 0.5) is 0 Å². The van der Waals surface area contributed by atoms with Gasteiger partial charge in [-0.2, -0.15) is 0 Å². The van der Waals surface area contributed by atoms with E-state index in [4.69, 9.17) is 14.2 Å². The Morgan fingerprint density at radius 2 is 1.85 bits per heavy atom. The number of benzene rings is 1. The van der Waals surface area contributed by atoms with Gasteiger partial charge in [-0.25, -0.2) is 0 Å². The summed E-state index contributed by atoms with van der Waals surface area (Å²) in [7, 11) is 0. The Bertz CT molecular complexity index is 1500.